The number of benzene rings is 1. The predicted octanol–water partition coefficient (Wildman–Crippen LogP) is 3.78. The minimum absolute atomic E-state index is 0.523. The molecule has 140 valence electrons. The Labute approximate surface area is 162 Å². The van der Waals surface area contributed by atoms with Crippen LogP contribution in [0, 0.1) is 0 Å². The minimum atomic E-state index is 0.523. The Morgan fingerprint density at radius 2 is 1.93 bits per heavy atom. The molecule has 1 saturated heterocycles. The minimum Gasteiger partial charge on any atom is -0.347 e. The molecule has 7 heteroatoms. The maximum Gasteiger partial charge on any atom is 0.229 e. The predicted molar refractivity (Wildman–Crippen MR) is 106 cm³/mol. The zero-order chi connectivity index (χ0) is 18.1. The van der Waals surface area contributed by atoms with Gasteiger partial charge < -0.3 is 9.42 Å². The fourth-order valence-electron chi connectivity index (χ4n) is 3.50. The molecular weight excluding hydrogens is 358 g/mol. The summed E-state index contributed by atoms with van der Waals surface area (Å²) < 4.78 is 5.39. The Morgan fingerprint density at radius 1 is 1.04 bits per heavy atom. The molecule has 6 nitrogen and oxygen atoms in total. The van der Waals surface area contributed by atoms with Crippen LogP contribution in [-0.2, 0) is 6.54 Å². The highest BCUT2D eigenvalue weighted by atomic mass is 32.1. The second-order valence-corrected chi connectivity index (χ2v) is 8.16. The van der Waals surface area contributed by atoms with Gasteiger partial charge in [0, 0.05) is 43.0 Å². The highest BCUT2D eigenvalue weighted by Gasteiger charge is 2.30. The Hall–Kier alpha value is -2.25. The zero-order valence-corrected chi connectivity index (χ0v) is 16.1. The van der Waals surface area contributed by atoms with Crippen molar-refractivity contribution in [3.8, 4) is 11.3 Å². The molecule has 2 fully saturated rings. The first-order chi connectivity index (χ1) is 13.3. The molecule has 5 rings (SSSR count). The molecule has 0 spiro atoms. The molecule has 0 N–H and O–H groups in total. The van der Waals surface area contributed by atoms with Crippen molar-refractivity contribution >= 4 is 16.5 Å². The van der Waals surface area contributed by atoms with E-state index in [0.717, 1.165) is 61.7 Å². The van der Waals surface area contributed by atoms with Gasteiger partial charge in [0.25, 0.3) is 0 Å². The third-order valence-corrected chi connectivity index (χ3v) is 6.10. The van der Waals surface area contributed by atoms with Gasteiger partial charge in [0.05, 0.1) is 12.2 Å². The number of hydrogen-bond acceptors (Lipinski definition) is 7. The first kappa shape index (κ1) is 16.9. The lowest BCUT2D eigenvalue weighted by Gasteiger charge is -2.20. The largest absolute Gasteiger partial charge is 0.347 e. The summed E-state index contributed by atoms with van der Waals surface area (Å²) >= 11 is 1.74. The van der Waals surface area contributed by atoms with E-state index in [1.165, 1.54) is 18.4 Å². The molecule has 0 bridgehead atoms. The summed E-state index contributed by atoms with van der Waals surface area (Å²) in [5.74, 6) is 2.18. The van der Waals surface area contributed by atoms with Gasteiger partial charge in [-0.1, -0.05) is 35.5 Å². The molecule has 1 aliphatic carbocycles. The van der Waals surface area contributed by atoms with Crippen molar-refractivity contribution in [3.05, 3.63) is 47.4 Å². The average molecular weight is 382 g/mol. The topological polar surface area (TPSA) is 58.3 Å². The molecule has 1 aliphatic heterocycles. The number of nitrogens with zero attached hydrogens (tertiary/aromatic N) is 5. The van der Waals surface area contributed by atoms with E-state index in [1.807, 2.05) is 6.07 Å². The van der Waals surface area contributed by atoms with Crippen molar-refractivity contribution in [2.75, 3.05) is 31.1 Å². The quantitative estimate of drug-likeness (QED) is 0.670. The summed E-state index contributed by atoms with van der Waals surface area (Å²) in [6.07, 6.45) is 3.51. The highest BCUT2D eigenvalue weighted by molar-refractivity contribution is 7.14. The highest BCUT2D eigenvalue weighted by Crippen LogP contribution is 2.38. The van der Waals surface area contributed by atoms with E-state index in [0.29, 0.717) is 5.92 Å². The van der Waals surface area contributed by atoms with Gasteiger partial charge in [0.2, 0.25) is 5.89 Å². The lowest BCUT2D eigenvalue weighted by molar-refractivity contribution is 0.271. The third kappa shape index (κ3) is 3.89. The summed E-state index contributed by atoms with van der Waals surface area (Å²) in [5.41, 5.74) is 2.25. The Balaban J connectivity index is 1.21. The molecule has 3 aromatic rings. The molecule has 0 unspecified atom stereocenters. The first-order valence-corrected chi connectivity index (χ1v) is 10.5. The van der Waals surface area contributed by atoms with Gasteiger partial charge in [0.15, 0.2) is 11.0 Å². The summed E-state index contributed by atoms with van der Waals surface area (Å²) in [6.45, 7) is 4.85. The monoisotopic (exact) mass is 381 g/mol. The molecule has 3 heterocycles. The maximum absolute atomic E-state index is 5.39. The zero-order valence-electron chi connectivity index (χ0n) is 15.3. The van der Waals surface area contributed by atoms with Crippen molar-refractivity contribution in [1.29, 1.82) is 0 Å². The fraction of sp³-hybridized carbons (Fsp3) is 0.450. The van der Waals surface area contributed by atoms with E-state index in [-0.39, 0.29) is 0 Å². The average Bonchev–Trinajstić information content (AvgIpc) is 3.33. The molecule has 0 atom stereocenters. The molecule has 2 aliphatic rings. The normalized spacial score (nSPS) is 18.6. The Bertz CT molecular complexity index is 889. The Kier molecular flexibility index (Phi) is 4.63. The second kappa shape index (κ2) is 7.40. The molecule has 1 saturated carbocycles. The third-order valence-electron chi connectivity index (χ3n) is 5.20. The van der Waals surface area contributed by atoms with Crippen molar-refractivity contribution in [2.45, 2.75) is 31.7 Å². The molecular formula is C20H23N5OS. The van der Waals surface area contributed by atoms with Crippen LogP contribution in [0.15, 0.2) is 40.2 Å². The first-order valence-electron chi connectivity index (χ1n) is 9.66. The summed E-state index contributed by atoms with van der Waals surface area (Å²) in [5, 5.41) is 7.44. The number of rotatable bonds is 5. The number of aromatic nitrogens is 3. The van der Waals surface area contributed by atoms with E-state index < -0.39 is 0 Å². The van der Waals surface area contributed by atoms with Gasteiger partial charge >= 0.3 is 0 Å². The molecule has 0 amide bonds. The van der Waals surface area contributed by atoms with E-state index in [9.17, 15) is 0 Å². The van der Waals surface area contributed by atoms with Crippen molar-refractivity contribution in [2.24, 2.45) is 0 Å². The van der Waals surface area contributed by atoms with Crippen LogP contribution in [0.5, 0.6) is 0 Å². The summed E-state index contributed by atoms with van der Waals surface area (Å²) in [7, 11) is 0. The smallest absolute Gasteiger partial charge is 0.229 e. The molecule has 27 heavy (non-hydrogen) atoms. The number of thiazole rings is 1. The molecule has 2 aromatic heterocycles. The van der Waals surface area contributed by atoms with E-state index >= 15 is 0 Å². The lowest BCUT2D eigenvalue weighted by atomic mass is 10.2. The van der Waals surface area contributed by atoms with Crippen LogP contribution in [0.25, 0.3) is 11.3 Å². The lowest BCUT2D eigenvalue weighted by Crippen LogP contribution is -2.30. The fourth-order valence-corrected chi connectivity index (χ4v) is 4.39. The Morgan fingerprint density at radius 3 is 2.78 bits per heavy atom. The van der Waals surface area contributed by atoms with Crippen LogP contribution in [0.4, 0.5) is 5.13 Å². The van der Waals surface area contributed by atoms with Gasteiger partial charge in [-0.05, 0) is 19.3 Å². The SMILES string of the molecule is c1ccc(-c2csc(N3CCCN(Cc4noc(C5CC5)n4)CC3)n2)cc1. The van der Waals surface area contributed by atoms with Crippen LogP contribution in [0.2, 0.25) is 0 Å². The van der Waals surface area contributed by atoms with Gasteiger partial charge in [-0.25, -0.2) is 4.98 Å². The molecule has 0 radical (unpaired) electrons. The van der Waals surface area contributed by atoms with Gasteiger partial charge in [0.1, 0.15) is 0 Å². The van der Waals surface area contributed by atoms with Crippen LogP contribution >= 0.6 is 11.3 Å². The van der Waals surface area contributed by atoms with Gasteiger partial charge in [-0.15, -0.1) is 11.3 Å². The second-order valence-electron chi connectivity index (χ2n) is 7.32. The van der Waals surface area contributed by atoms with Crippen molar-refractivity contribution in [1.82, 2.24) is 20.0 Å². The van der Waals surface area contributed by atoms with Crippen LogP contribution in [0.1, 0.15) is 36.9 Å². The summed E-state index contributed by atoms with van der Waals surface area (Å²) in [6, 6.07) is 10.4. The van der Waals surface area contributed by atoms with E-state index in [4.69, 9.17) is 9.51 Å². The van der Waals surface area contributed by atoms with Crippen LogP contribution < -0.4 is 4.90 Å². The van der Waals surface area contributed by atoms with E-state index in [1.54, 1.807) is 11.3 Å². The summed E-state index contributed by atoms with van der Waals surface area (Å²) in [4.78, 5) is 14.3. The van der Waals surface area contributed by atoms with Crippen molar-refractivity contribution < 1.29 is 4.52 Å². The van der Waals surface area contributed by atoms with Crippen LogP contribution in [-0.4, -0.2) is 46.2 Å². The van der Waals surface area contributed by atoms with Crippen LogP contribution in [0.3, 0.4) is 0 Å². The van der Waals surface area contributed by atoms with Crippen molar-refractivity contribution in [3.63, 3.8) is 0 Å². The van der Waals surface area contributed by atoms with Gasteiger partial charge in [-0.3, -0.25) is 4.90 Å². The number of hydrogen-bond donors (Lipinski definition) is 0. The van der Waals surface area contributed by atoms with E-state index in [2.05, 4.69) is 49.6 Å². The van der Waals surface area contributed by atoms with Gasteiger partial charge in [-0.2, -0.15) is 4.98 Å². The number of anilines is 1. The maximum atomic E-state index is 5.39. The molecule has 1 aromatic carbocycles. The standard InChI is InChI=1S/C20H23N5OS/c1-2-5-15(6-3-1)17-14-27-20(21-17)25-10-4-9-24(11-12-25)13-18-22-19(26-23-18)16-7-8-16/h1-3,5-6,14,16H,4,7-13H2.